The van der Waals surface area contributed by atoms with E-state index in [0.717, 1.165) is 22.9 Å². The second kappa shape index (κ2) is 9.12. The molecule has 0 saturated heterocycles. The minimum absolute atomic E-state index is 0.0422. The Kier molecular flexibility index (Phi) is 7.07. The molecular formula is C18H18F5N3O3. The molecule has 0 aliphatic rings. The maximum absolute atomic E-state index is 13.3. The molecule has 1 amide bonds. The molecule has 1 aromatic carbocycles. The summed E-state index contributed by atoms with van der Waals surface area (Å²) in [6.07, 6.45) is -7.59. The van der Waals surface area contributed by atoms with Gasteiger partial charge < -0.3 is 9.64 Å². The van der Waals surface area contributed by atoms with Crippen LogP contribution in [0.3, 0.4) is 0 Å². The zero-order chi connectivity index (χ0) is 21.8. The summed E-state index contributed by atoms with van der Waals surface area (Å²) >= 11 is 0. The van der Waals surface area contributed by atoms with E-state index in [-0.39, 0.29) is 18.8 Å². The summed E-state index contributed by atoms with van der Waals surface area (Å²) in [5.74, 6) is -1.12. The van der Waals surface area contributed by atoms with E-state index in [1.54, 1.807) is 0 Å². The van der Waals surface area contributed by atoms with Crippen molar-refractivity contribution in [2.24, 2.45) is 0 Å². The van der Waals surface area contributed by atoms with Gasteiger partial charge in [0.15, 0.2) is 5.69 Å². The third-order valence-electron chi connectivity index (χ3n) is 3.96. The average Bonchev–Trinajstić information content (AvgIpc) is 2.64. The molecule has 2 aromatic rings. The van der Waals surface area contributed by atoms with Crippen molar-refractivity contribution in [3.8, 4) is 5.69 Å². The van der Waals surface area contributed by atoms with Gasteiger partial charge >= 0.3 is 6.18 Å². The van der Waals surface area contributed by atoms with Crippen molar-refractivity contribution in [3.05, 3.63) is 57.5 Å². The number of methoxy groups -OCH3 is 1. The maximum atomic E-state index is 13.3. The lowest BCUT2D eigenvalue weighted by Gasteiger charge is -2.22. The predicted octanol–water partition coefficient (Wildman–Crippen LogP) is 2.91. The minimum Gasteiger partial charge on any atom is -0.383 e. The Hall–Kier alpha value is -2.82. The highest BCUT2D eigenvalue weighted by molar-refractivity contribution is 5.92. The van der Waals surface area contributed by atoms with E-state index in [2.05, 4.69) is 5.10 Å². The smallest absolute Gasteiger partial charge is 0.383 e. The molecule has 0 radical (unpaired) electrons. The molecule has 0 aliphatic heterocycles. The molecule has 0 fully saturated rings. The minimum atomic E-state index is -4.71. The topological polar surface area (TPSA) is 64.4 Å². The SMILES string of the molecule is COCCN(CC(F)F)C(=O)c1nn(-c2ccccc2C(F)(F)F)c(C)cc1=O. The van der Waals surface area contributed by atoms with Gasteiger partial charge in [-0.05, 0) is 19.1 Å². The molecule has 6 nitrogen and oxygen atoms in total. The molecule has 0 atom stereocenters. The zero-order valence-electron chi connectivity index (χ0n) is 15.5. The van der Waals surface area contributed by atoms with E-state index < -0.39 is 47.4 Å². The van der Waals surface area contributed by atoms with Gasteiger partial charge in [0.25, 0.3) is 12.3 Å². The summed E-state index contributed by atoms with van der Waals surface area (Å²) in [6.45, 7) is 0.0528. The molecule has 1 heterocycles. The van der Waals surface area contributed by atoms with Gasteiger partial charge in [-0.3, -0.25) is 9.59 Å². The highest BCUT2D eigenvalue weighted by Gasteiger charge is 2.34. The average molecular weight is 419 g/mol. The number of nitrogens with zero attached hydrogens (tertiary/aromatic N) is 3. The van der Waals surface area contributed by atoms with Crippen LogP contribution in [0.1, 0.15) is 21.7 Å². The number of alkyl halides is 5. The number of aryl methyl sites for hydroxylation is 1. The number of rotatable bonds is 7. The van der Waals surface area contributed by atoms with Crippen molar-refractivity contribution in [1.82, 2.24) is 14.7 Å². The van der Waals surface area contributed by atoms with E-state index in [4.69, 9.17) is 4.74 Å². The van der Waals surface area contributed by atoms with Crippen LogP contribution in [0.5, 0.6) is 0 Å². The van der Waals surface area contributed by atoms with E-state index in [0.29, 0.717) is 4.90 Å². The zero-order valence-corrected chi connectivity index (χ0v) is 15.5. The standard InChI is InChI=1S/C18H18F5N3O3/c1-11-9-14(27)16(17(28)25(7-8-29-2)10-15(19)20)24-26(11)13-6-4-3-5-12(13)18(21,22)23/h3-6,9,15H,7-8,10H2,1-2H3. The molecule has 11 heteroatoms. The molecule has 2 rings (SSSR count). The molecule has 0 spiro atoms. The first kappa shape index (κ1) is 22.5. The Labute approximate surface area is 162 Å². The number of halogens is 5. The van der Waals surface area contributed by atoms with Gasteiger partial charge in [0.2, 0.25) is 5.43 Å². The monoisotopic (exact) mass is 419 g/mol. The fourth-order valence-corrected chi connectivity index (χ4v) is 2.63. The van der Waals surface area contributed by atoms with Gasteiger partial charge in [0.1, 0.15) is 0 Å². The van der Waals surface area contributed by atoms with Crippen LogP contribution < -0.4 is 5.43 Å². The second-order valence-corrected chi connectivity index (χ2v) is 6.06. The van der Waals surface area contributed by atoms with Crippen LogP contribution in [0.4, 0.5) is 22.0 Å². The lowest BCUT2D eigenvalue weighted by atomic mass is 10.1. The summed E-state index contributed by atoms with van der Waals surface area (Å²) in [5, 5.41) is 3.78. The van der Waals surface area contributed by atoms with Crippen LogP contribution in [0.25, 0.3) is 5.69 Å². The quantitative estimate of drug-likeness (QED) is 0.648. The van der Waals surface area contributed by atoms with Crippen molar-refractivity contribution in [2.45, 2.75) is 19.5 Å². The summed E-state index contributed by atoms with van der Waals surface area (Å²) in [6, 6.07) is 5.42. The second-order valence-electron chi connectivity index (χ2n) is 6.06. The first-order chi connectivity index (χ1) is 13.6. The predicted molar refractivity (Wildman–Crippen MR) is 93.4 cm³/mol. The van der Waals surface area contributed by atoms with E-state index in [9.17, 15) is 31.5 Å². The molecular weight excluding hydrogens is 401 g/mol. The Balaban J connectivity index is 2.58. The number of carbonyl (C=O) groups excluding carboxylic acids is 1. The first-order valence-corrected chi connectivity index (χ1v) is 8.40. The lowest BCUT2D eigenvalue weighted by molar-refractivity contribution is -0.137. The molecule has 0 unspecified atom stereocenters. The Morgan fingerprint density at radius 2 is 1.93 bits per heavy atom. The molecule has 0 N–H and O–H groups in total. The third kappa shape index (κ3) is 5.37. The number of ether oxygens (including phenoxy) is 1. The van der Waals surface area contributed by atoms with Gasteiger partial charge in [-0.1, -0.05) is 12.1 Å². The van der Waals surface area contributed by atoms with Crippen molar-refractivity contribution < 1.29 is 31.5 Å². The number of aromatic nitrogens is 2. The largest absolute Gasteiger partial charge is 0.418 e. The summed E-state index contributed by atoms with van der Waals surface area (Å²) in [7, 11) is 1.30. The summed E-state index contributed by atoms with van der Waals surface area (Å²) in [5.41, 5.74) is -3.03. The molecule has 158 valence electrons. The Morgan fingerprint density at radius 3 is 2.52 bits per heavy atom. The van der Waals surface area contributed by atoms with Gasteiger partial charge in [0, 0.05) is 25.4 Å². The van der Waals surface area contributed by atoms with Gasteiger partial charge in [-0.15, -0.1) is 0 Å². The van der Waals surface area contributed by atoms with Crippen LogP contribution in [-0.4, -0.2) is 53.8 Å². The number of hydrogen-bond donors (Lipinski definition) is 0. The van der Waals surface area contributed by atoms with E-state index in [1.807, 2.05) is 0 Å². The van der Waals surface area contributed by atoms with Crippen LogP contribution in [0.2, 0.25) is 0 Å². The highest BCUT2D eigenvalue weighted by Crippen LogP contribution is 2.33. The molecule has 0 bridgehead atoms. The Morgan fingerprint density at radius 1 is 1.28 bits per heavy atom. The highest BCUT2D eigenvalue weighted by atomic mass is 19.4. The summed E-state index contributed by atoms with van der Waals surface area (Å²) < 4.78 is 71.2. The maximum Gasteiger partial charge on any atom is 0.418 e. The van der Waals surface area contributed by atoms with Gasteiger partial charge in [-0.2, -0.15) is 18.3 Å². The Bertz CT molecular complexity index is 928. The van der Waals surface area contributed by atoms with Crippen LogP contribution >= 0.6 is 0 Å². The van der Waals surface area contributed by atoms with Gasteiger partial charge in [0.05, 0.1) is 24.4 Å². The van der Waals surface area contributed by atoms with Crippen LogP contribution in [0.15, 0.2) is 35.1 Å². The number of para-hydroxylation sites is 1. The fourth-order valence-electron chi connectivity index (χ4n) is 2.63. The van der Waals surface area contributed by atoms with E-state index >= 15 is 0 Å². The van der Waals surface area contributed by atoms with Crippen molar-refractivity contribution in [2.75, 3.05) is 26.8 Å². The normalized spacial score (nSPS) is 11.7. The van der Waals surface area contributed by atoms with Crippen LogP contribution in [0, 0.1) is 6.92 Å². The lowest BCUT2D eigenvalue weighted by Crippen LogP contribution is -2.41. The van der Waals surface area contributed by atoms with Crippen molar-refractivity contribution >= 4 is 5.91 Å². The third-order valence-corrected chi connectivity index (χ3v) is 3.96. The van der Waals surface area contributed by atoms with Crippen LogP contribution in [-0.2, 0) is 10.9 Å². The molecule has 29 heavy (non-hydrogen) atoms. The fraction of sp³-hybridized carbons (Fsp3) is 0.389. The number of hydrogen-bond acceptors (Lipinski definition) is 4. The van der Waals surface area contributed by atoms with Crippen molar-refractivity contribution in [3.63, 3.8) is 0 Å². The first-order valence-electron chi connectivity index (χ1n) is 8.40. The molecule has 0 aliphatic carbocycles. The summed E-state index contributed by atoms with van der Waals surface area (Å²) in [4.78, 5) is 25.5. The molecule has 0 saturated carbocycles. The van der Waals surface area contributed by atoms with E-state index in [1.165, 1.54) is 26.2 Å². The molecule has 1 aromatic heterocycles. The number of amides is 1. The number of carbonyl (C=O) groups is 1. The number of benzene rings is 1. The van der Waals surface area contributed by atoms with Crippen molar-refractivity contribution in [1.29, 1.82) is 0 Å². The van der Waals surface area contributed by atoms with Gasteiger partial charge in [-0.25, -0.2) is 13.5 Å².